The number of fused-ring (bicyclic) bond motifs is 1. The van der Waals surface area contributed by atoms with Gasteiger partial charge in [0, 0.05) is 31.0 Å². The minimum atomic E-state index is -4.65. The van der Waals surface area contributed by atoms with Crippen LogP contribution < -0.4 is 25.7 Å². The third-order valence-corrected chi connectivity index (χ3v) is 6.49. The Morgan fingerprint density at radius 3 is 2.60 bits per heavy atom. The Morgan fingerprint density at radius 1 is 1.07 bits per heavy atom. The number of nitrogens with zero attached hydrogens (tertiary/aromatic N) is 4. The summed E-state index contributed by atoms with van der Waals surface area (Å²) in [6, 6.07) is 11.4. The number of aryl methyl sites for hydroxylation is 1. The van der Waals surface area contributed by atoms with Gasteiger partial charge in [-0.1, -0.05) is 6.07 Å². The molecule has 1 aliphatic heterocycles. The molecule has 10 nitrogen and oxygen atoms in total. The number of benzene rings is 2. The fourth-order valence-electron chi connectivity index (χ4n) is 4.08. The van der Waals surface area contributed by atoms with Crippen molar-refractivity contribution in [2.24, 2.45) is 7.05 Å². The number of pyridine rings is 1. The topological polar surface area (TPSA) is 111 Å². The van der Waals surface area contributed by atoms with Gasteiger partial charge in [0.05, 0.1) is 22.8 Å². The molecule has 1 fully saturated rings. The Bertz CT molecular complexity index is 1620. The molecule has 2 aromatic carbocycles. The van der Waals surface area contributed by atoms with Crippen molar-refractivity contribution in [2.45, 2.75) is 18.6 Å². The molecule has 0 spiro atoms. The summed E-state index contributed by atoms with van der Waals surface area (Å²) in [6.45, 7) is 1.13. The molecular weight excluding hydrogens is 529 g/mol. The van der Waals surface area contributed by atoms with E-state index in [0.29, 0.717) is 34.3 Å². The second-order valence-electron chi connectivity index (χ2n) is 9.36. The van der Waals surface area contributed by atoms with E-state index in [4.69, 9.17) is 9.47 Å². The summed E-state index contributed by atoms with van der Waals surface area (Å²) in [5.41, 5.74) is -0.629. The first kappa shape index (κ1) is 26.9. The molecule has 0 radical (unpaired) electrons. The van der Waals surface area contributed by atoms with Crippen LogP contribution in [0.2, 0.25) is 0 Å². The second-order valence-corrected chi connectivity index (χ2v) is 9.36. The zero-order valence-corrected chi connectivity index (χ0v) is 21.5. The number of ether oxygens (including phenoxy) is 2. The van der Waals surface area contributed by atoms with Gasteiger partial charge in [-0.3, -0.25) is 9.69 Å². The van der Waals surface area contributed by atoms with Gasteiger partial charge in [0.25, 0.3) is 5.56 Å². The minimum absolute atomic E-state index is 0.113. The summed E-state index contributed by atoms with van der Waals surface area (Å²) in [5, 5.41) is 5.37. The van der Waals surface area contributed by atoms with Gasteiger partial charge in [0.15, 0.2) is 0 Å². The van der Waals surface area contributed by atoms with Crippen LogP contribution in [-0.2, 0) is 13.2 Å². The monoisotopic (exact) mass is 554 g/mol. The quantitative estimate of drug-likeness (QED) is 0.336. The van der Waals surface area contributed by atoms with Crippen molar-refractivity contribution in [1.29, 1.82) is 0 Å². The fourth-order valence-corrected chi connectivity index (χ4v) is 4.08. The number of likely N-dealkylation sites (tertiary alicyclic amines) is 1. The maximum atomic E-state index is 13.3. The van der Waals surface area contributed by atoms with Crippen molar-refractivity contribution in [2.75, 3.05) is 30.8 Å². The van der Waals surface area contributed by atoms with E-state index in [1.807, 2.05) is 11.9 Å². The molecular formula is C27H25F3N6O4. The highest BCUT2D eigenvalue weighted by atomic mass is 19.4. The number of rotatable bonds is 7. The van der Waals surface area contributed by atoms with E-state index in [9.17, 15) is 22.8 Å². The Labute approximate surface area is 226 Å². The molecule has 13 heteroatoms. The Kier molecular flexibility index (Phi) is 7.30. The van der Waals surface area contributed by atoms with Crippen molar-refractivity contribution in [1.82, 2.24) is 19.4 Å². The first-order chi connectivity index (χ1) is 19.1. The highest BCUT2D eigenvalue weighted by molar-refractivity contribution is 6.00. The van der Waals surface area contributed by atoms with Crippen LogP contribution in [0, 0.1) is 0 Å². The van der Waals surface area contributed by atoms with Crippen LogP contribution >= 0.6 is 0 Å². The van der Waals surface area contributed by atoms with Gasteiger partial charge < -0.3 is 24.7 Å². The highest BCUT2D eigenvalue weighted by Gasteiger charge is 2.32. The molecule has 208 valence electrons. The lowest BCUT2D eigenvalue weighted by Crippen LogP contribution is -2.48. The van der Waals surface area contributed by atoms with Gasteiger partial charge in [-0.25, -0.2) is 14.8 Å². The van der Waals surface area contributed by atoms with E-state index in [-0.39, 0.29) is 29.8 Å². The number of aromatic nitrogens is 3. The predicted octanol–water partition coefficient (Wildman–Crippen LogP) is 4.87. The number of halogens is 3. The maximum absolute atomic E-state index is 13.3. The fraction of sp³-hybridized carbons (Fsp3) is 0.259. The number of nitrogens with one attached hydrogen (secondary N) is 2. The number of carbonyl (C=O) groups excluding carboxylic acids is 1. The van der Waals surface area contributed by atoms with E-state index in [0.717, 1.165) is 19.0 Å². The molecule has 1 saturated heterocycles. The summed E-state index contributed by atoms with van der Waals surface area (Å²) >= 11 is 0. The highest BCUT2D eigenvalue weighted by Crippen LogP contribution is 2.34. The van der Waals surface area contributed by atoms with Crippen LogP contribution in [-0.4, -0.2) is 51.7 Å². The first-order valence-electron chi connectivity index (χ1n) is 12.3. The molecule has 2 amide bonds. The summed E-state index contributed by atoms with van der Waals surface area (Å²) in [7, 11) is 3.51. The summed E-state index contributed by atoms with van der Waals surface area (Å²) in [5.74, 6) is 0.623. The average Bonchev–Trinajstić information content (AvgIpc) is 2.90. The van der Waals surface area contributed by atoms with Crippen molar-refractivity contribution < 1.29 is 27.4 Å². The number of likely N-dealkylation sites (N-methyl/N-ethyl adjacent to an activating group) is 1. The van der Waals surface area contributed by atoms with Crippen LogP contribution in [0.5, 0.6) is 17.4 Å². The van der Waals surface area contributed by atoms with Gasteiger partial charge in [-0.05, 0) is 56.4 Å². The third kappa shape index (κ3) is 5.99. The number of alkyl halides is 3. The number of carbonyl (C=O) groups is 1. The average molecular weight is 555 g/mol. The lowest BCUT2D eigenvalue weighted by atomic mass is 10.1. The molecule has 2 N–H and O–H groups in total. The van der Waals surface area contributed by atoms with E-state index in [1.165, 1.54) is 17.0 Å². The van der Waals surface area contributed by atoms with Crippen LogP contribution in [0.1, 0.15) is 12.0 Å². The van der Waals surface area contributed by atoms with E-state index in [1.54, 1.807) is 43.4 Å². The normalized spacial score (nSPS) is 15.4. The molecule has 1 aliphatic rings. The number of hydrogen-bond acceptors (Lipinski definition) is 7. The maximum Gasteiger partial charge on any atom is 0.417 e. The first-order valence-corrected chi connectivity index (χ1v) is 12.3. The van der Waals surface area contributed by atoms with Gasteiger partial charge in [-0.15, -0.1) is 0 Å². The minimum Gasteiger partial charge on any atom is -0.475 e. The van der Waals surface area contributed by atoms with E-state index in [2.05, 4.69) is 20.6 Å². The molecule has 4 aromatic rings. The number of amides is 2. The van der Waals surface area contributed by atoms with Crippen molar-refractivity contribution >= 4 is 28.3 Å². The predicted molar refractivity (Wildman–Crippen MR) is 142 cm³/mol. The van der Waals surface area contributed by atoms with Gasteiger partial charge >= 0.3 is 12.2 Å². The van der Waals surface area contributed by atoms with Gasteiger partial charge in [0.1, 0.15) is 23.8 Å². The van der Waals surface area contributed by atoms with Gasteiger partial charge in [-0.2, -0.15) is 13.2 Å². The van der Waals surface area contributed by atoms with Crippen molar-refractivity contribution in [3.05, 3.63) is 77.0 Å². The summed E-state index contributed by atoms with van der Waals surface area (Å²) in [4.78, 5) is 35.2. The molecule has 1 atom stereocenters. The molecule has 0 aliphatic carbocycles. The molecule has 2 aromatic heterocycles. The molecule has 5 rings (SSSR count). The molecule has 0 bridgehead atoms. The zero-order valence-electron chi connectivity index (χ0n) is 21.5. The summed E-state index contributed by atoms with van der Waals surface area (Å²) < 4.78 is 52.8. The molecule has 3 heterocycles. The zero-order chi connectivity index (χ0) is 28.4. The molecule has 40 heavy (non-hydrogen) atoms. The molecule has 0 unspecified atom stereocenters. The summed E-state index contributed by atoms with van der Waals surface area (Å²) in [6.07, 6.45) is -1.65. The largest absolute Gasteiger partial charge is 0.475 e. The SMILES string of the molecule is CN1CC[C@H]1COc1ncc(C(F)(F)F)cc1NC(=O)Nc1cccc(Oc2ccc3ncn(C)c(=O)c3c2)c1. The standard InChI is InChI=1S/C27H25F3N6O4/c1-35-9-8-18(35)14-39-24-23(10-16(13-31-24)27(28,29)30)34-26(38)33-17-4-3-5-19(11-17)40-20-6-7-22-21(12-20)25(37)36(2)15-32-22/h3-7,10-13,15,18H,8-9,14H2,1-2H3,(H2,33,34,38)/t18-/m0/s1. The van der Waals surface area contributed by atoms with Crippen LogP contribution in [0.4, 0.5) is 29.3 Å². The second kappa shape index (κ2) is 10.8. The Morgan fingerprint density at radius 2 is 1.88 bits per heavy atom. The van der Waals surface area contributed by atoms with E-state index < -0.39 is 17.8 Å². The van der Waals surface area contributed by atoms with Gasteiger partial charge in [0.2, 0.25) is 5.88 Å². The lowest BCUT2D eigenvalue weighted by molar-refractivity contribution is -0.137. The third-order valence-electron chi connectivity index (χ3n) is 6.49. The van der Waals surface area contributed by atoms with Crippen LogP contribution in [0.15, 0.2) is 65.8 Å². The lowest BCUT2D eigenvalue weighted by Gasteiger charge is -2.37. The number of hydrogen-bond donors (Lipinski definition) is 2. The van der Waals surface area contributed by atoms with Crippen LogP contribution in [0.25, 0.3) is 10.9 Å². The number of anilines is 2. The van der Waals surface area contributed by atoms with Crippen LogP contribution in [0.3, 0.4) is 0 Å². The molecule has 0 saturated carbocycles. The van der Waals surface area contributed by atoms with E-state index >= 15 is 0 Å². The number of urea groups is 1. The Hall–Kier alpha value is -4.65. The smallest absolute Gasteiger partial charge is 0.417 e. The van der Waals surface area contributed by atoms with Crippen molar-refractivity contribution in [3.8, 4) is 17.4 Å². The Balaban J connectivity index is 1.30. The van der Waals surface area contributed by atoms with Crippen molar-refractivity contribution in [3.63, 3.8) is 0 Å².